The van der Waals surface area contributed by atoms with Gasteiger partial charge in [-0.2, -0.15) is 0 Å². The quantitative estimate of drug-likeness (QED) is 0.796. The van der Waals surface area contributed by atoms with Gasteiger partial charge in [-0.15, -0.1) is 0 Å². The van der Waals surface area contributed by atoms with Gasteiger partial charge >= 0.3 is 0 Å². The highest BCUT2D eigenvalue weighted by Crippen LogP contribution is 2.20. The minimum Gasteiger partial charge on any atom is -0.378 e. The molecule has 3 heteroatoms. The summed E-state index contributed by atoms with van der Waals surface area (Å²) < 4.78 is 0. The van der Waals surface area contributed by atoms with Crippen LogP contribution in [0.5, 0.6) is 0 Å². The summed E-state index contributed by atoms with van der Waals surface area (Å²) in [5.41, 5.74) is 8.13. The van der Waals surface area contributed by atoms with E-state index in [0.29, 0.717) is 5.92 Å². The molecule has 1 rings (SSSR count). The van der Waals surface area contributed by atoms with Crippen molar-refractivity contribution in [2.45, 2.75) is 19.9 Å². The van der Waals surface area contributed by atoms with Crippen LogP contribution in [0.15, 0.2) is 18.3 Å². The Morgan fingerprint density at radius 1 is 1.36 bits per heavy atom. The number of pyridine rings is 1. The van der Waals surface area contributed by atoms with Gasteiger partial charge in [-0.25, -0.2) is 0 Å². The molecule has 14 heavy (non-hydrogen) atoms. The van der Waals surface area contributed by atoms with Crippen molar-refractivity contribution in [1.82, 2.24) is 4.98 Å². The van der Waals surface area contributed by atoms with Crippen molar-refractivity contribution < 1.29 is 0 Å². The van der Waals surface area contributed by atoms with Crippen LogP contribution < -0.4 is 10.6 Å². The number of nitrogens with zero attached hydrogens (tertiary/aromatic N) is 2. The fourth-order valence-corrected chi connectivity index (χ4v) is 1.24. The Hall–Kier alpha value is -1.09. The third-order valence-electron chi connectivity index (χ3n) is 2.34. The van der Waals surface area contributed by atoms with Gasteiger partial charge in [-0.3, -0.25) is 4.98 Å². The van der Waals surface area contributed by atoms with Crippen LogP contribution in [0.25, 0.3) is 0 Å². The molecule has 1 aromatic heterocycles. The summed E-state index contributed by atoms with van der Waals surface area (Å²) in [5.74, 6) is 0.417. The topological polar surface area (TPSA) is 42.1 Å². The van der Waals surface area contributed by atoms with Gasteiger partial charge in [0.05, 0.1) is 5.69 Å². The number of hydrogen-bond acceptors (Lipinski definition) is 3. The lowest BCUT2D eigenvalue weighted by Gasteiger charge is -2.18. The minimum atomic E-state index is 0.0231. The van der Waals surface area contributed by atoms with Gasteiger partial charge in [0, 0.05) is 32.0 Å². The normalized spacial score (nSPS) is 13.0. The second-order valence-electron chi connectivity index (χ2n) is 4.10. The standard InChI is InChI=1S/C11H19N3/c1-8(2)11(12)10-7-9(14(3)4)5-6-13-10/h5-8,11H,12H2,1-4H3/t11-/m1/s1. The van der Waals surface area contributed by atoms with Crippen LogP contribution >= 0.6 is 0 Å². The van der Waals surface area contributed by atoms with E-state index in [9.17, 15) is 0 Å². The van der Waals surface area contributed by atoms with E-state index in [4.69, 9.17) is 5.73 Å². The van der Waals surface area contributed by atoms with Gasteiger partial charge in [0.15, 0.2) is 0 Å². The SMILES string of the molecule is CC(C)[C@@H](N)c1cc(N(C)C)ccn1. The van der Waals surface area contributed by atoms with Crippen LogP contribution in [-0.4, -0.2) is 19.1 Å². The number of rotatable bonds is 3. The monoisotopic (exact) mass is 193 g/mol. The Kier molecular flexibility index (Phi) is 3.47. The second kappa shape index (κ2) is 4.42. The molecule has 0 saturated carbocycles. The highest BCUT2D eigenvalue weighted by atomic mass is 15.1. The van der Waals surface area contributed by atoms with Gasteiger partial charge in [0.2, 0.25) is 0 Å². The summed E-state index contributed by atoms with van der Waals surface area (Å²) >= 11 is 0. The Morgan fingerprint density at radius 3 is 2.50 bits per heavy atom. The van der Waals surface area contributed by atoms with Crippen molar-refractivity contribution >= 4 is 5.69 Å². The summed E-state index contributed by atoms with van der Waals surface area (Å²) in [7, 11) is 4.03. The molecule has 1 heterocycles. The van der Waals surface area contributed by atoms with Crippen LogP contribution in [0.3, 0.4) is 0 Å². The maximum atomic E-state index is 6.03. The molecule has 0 radical (unpaired) electrons. The molecule has 0 aromatic carbocycles. The highest BCUT2D eigenvalue weighted by molar-refractivity contribution is 5.45. The van der Waals surface area contributed by atoms with Crippen molar-refractivity contribution in [3.05, 3.63) is 24.0 Å². The first-order chi connectivity index (χ1) is 6.52. The van der Waals surface area contributed by atoms with E-state index >= 15 is 0 Å². The van der Waals surface area contributed by atoms with Gasteiger partial charge in [-0.05, 0) is 18.1 Å². The average Bonchev–Trinajstić information content (AvgIpc) is 2.16. The lowest BCUT2D eigenvalue weighted by molar-refractivity contribution is 0.503. The van der Waals surface area contributed by atoms with Crippen molar-refractivity contribution in [3.8, 4) is 0 Å². The lowest BCUT2D eigenvalue weighted by Crippen LogP contribution is -2.19. The summed E-state index contributed by atoms with van der Waals surface area (Å²) in [6, 6.07) is 4.05. The fraction of sp³-hybridized carbons (Fsp3) is 0.545. The number of hydrogen-bond donors (Lipinski definition) is 1. The molecule has 1 aromatic rings. The third kappa shape index (κ3) is 2.45. The lowest BCUT2D eigenvalue weighted by atomic mass is 10.0. The summed E-state index contributed by atoms with van der Waals surface area (Å²) in [5, 5.41) is 0. The molecule has 0 aliphatic heterocycles. The van der Waals surface area contributed by atoms with Crippen LogP contribution in [0.1, 0.15) is 25.6 Å². The molecule has 0 spiro atoms. The van der Waals surface area contributed by atoms with Crippen molar-refractivity contribution in [3.63, 3.8) is 0 Å². The maximum Gasteiger partial charge on any atom is 0.0594 e. The van der Waals surface area contributed by atoms with E-state index in [1.54, 1.807) is 0 Å². The van der Waals surface area contributed by atoms with Crippen LogP contribution in [0, 0.1) is 5.92 Å². The molecule has 1 atom stereocenters. The molecule has 0 fully saturated rings. The van der Waals surface area contributed by atoms with Crippen molar-refractivity contribution in [2.75, 3.05) is 19.0 Å². The van der Waals surface area contributed by atoms with Crippen molar-refractivity contribution in [1.29, 1.82) is 0 Å². The molecule has 0 amide bonds. The van der Waals surface area contributed by atoms with E-state index in [1.165, 1.54) is 0 Å². The molecule has 0 bridgehead atoms. The highest BCUT2D eigenvalue weighted by Gasteiger charge is 2.12. The second-order valence-corrected chi connectivity index (χ2v) is 4.10. The Balaban J connectivity index is 2.93. The maximum absolute atomic E-state index is 6.03. The summed E-state index contributed by atoms with van der Waals surface area (Å²) in [6.45, 7) is 4.21. The zero-order valence-corrected chi connectivity index (χ0v) is 9.36. The molecule has 0 aliphatic rings. The molecular formula is C11H19N3. The van der Waals surface area contributed by atoms with E-state index in [-0.39, 0.29) is 6.04 Å². The Bertz CT molecular complexity index is 294. The van der Waals surface area contributed by atoms with Gasteiger partial charge < -0.3 is 10.6 Å². The van der Waals surface area contributed by atoms with Crippen LogP contribution in [0.4, 0.5) is 5.69 Å². The molecule has 0 unspecified atom stereocenters. The predicted octanol–water partition coefficient (Wildman–Crippen LogP) is 1.80. The average molecular weight is 193 g/mol. The fourth-order valence-electron chi connectivity index (χ4n) is 1.24. The summed E-state index contributed by atoms with van der Waals surface area (Å²) in [6.07, 6.45) is 1.81. The number of anilines is 1. The van der Waals surface area contributed by atoms with Gasteiger partial charge in [0.25, 0.3) is 0 Å². The van der Waals surface area contributed by atoms with Crippen molar-refractivity contribution in [2.24, 2.45) is 11.7 Å². The first-order valence-electron chi connectivity index (χ1n) is 4.91. The molecular weight excluding hydrogens is 174 g/mol. The van der Waals surface area contributed by atoms with E-state index in [0.717, 1.165) is 11.4 Å². The number of aromatic nitrogens is 1. The third-order valence-corrected chi connectivity index (χ3v) is 2.34. The molecule has 3 nitrogen and oxygen atoms in total. The van der Waals surface area contributed by atoms with E-state index < -0.39 is 0 Å². The smallest absolute Gasteiger partial charge is 0.0594 e. The van der Waals surface area contributed by atoms with Crippen LogP contribution in [-0.2, 0) is 0 Å². The first-order valence-corrected chi connectivity index (χ1v) is 4.91. The predicted molar refractivity (Wildman–Crippen MR) is 60.3 cm³/mol. The largest absolute Gasteiger partial charge is 0.378 e. The molecule has 78 valence electrons. The van der Waals surface area contributed by atoms with Crippen LogP contribution in [0.2, 0.25) is 0 Å². The number of nitrogens with two attached hydrogens (primary N) is 1. The van der Waals surface area contributed by atoms with E-state index in [1.807, 2.05) is 32.4 Å². The first kappa shape index (κ1) is 11.0. The van der Waals surface area contributed by atoms with Gasteiger partial charge in [-0.1, -0.05) is 13.8 Å². The molecule has 0 saturated heterocycles. The zero-order valence-electron chi connectivity index (χ0n) is 9.36. The minimum absolute atomic E-state index is 0.0231. The Labute approximate surface area is 85.9 Å². The Morgan fingerprint density at radius 2 is 2.00 bits per heavy atom. The zero-order chi connectivity index (χ0) is 10.7. The summed E-state index contributed by atoms with van der Waals surface area (Å²) in [4.78, 5) is 6.35. The van der Waals surface area contributed by atoms with Gasteiger partial charge in [0.1, 0.15) is 0 Å². The molecule has 2 N–H and O–H groups in total. The molecule has 0 aliphatic carbocycles. The van der Waals surface area contributed by atoms with E-state index in [2.05, 4.69) is 23.7 Å².